The minimum Gasteiger partial charge on any atom is -0.341 e. The van der Waals surface area contributed by atoms with Gasteiger partial charge in [0, 0.05) is 25.6 Å². The lowest BCUT2D eigenvalue weighted by Gasteiger charge is -2.36. The summed E-state index contributed by atoms with van der Waals surface area (Å²) in [5.41, 5.74) is 7.35. The van der Waals surface area contributed by atoms with Gasteiger partial charge in [0.05, 0.1) is 4.34 Å². The molecule has 0 aliphatic carbocycles. The van der Waals surface area contributed by atoms with Crippen LogP contribution >= 0.6 is 22.9 Å². The summed E-state index contributed by atoms with van der Waals surface area (Å²) in [7, 11) is 0. The molecule has 0 spiro atoms. The van der Waals surface area contributed by atoms with E-state index in [2.05, 4.69) is 5.38 Å². The van der Waals surface area contributed by atoms with Crippen molar-refractivity contribution in [2.24, 2.45) is 11.7 Å². The summed E-state index contributed by atoms with van der Waals surface area (Å²) in [6, 6.07) is 2.12. The molecule has 1 aliphatic heterocycles. The predicted octanol–water partition coefficient (Wildman–Crippen LogP) is 2.92. The van der Waals surface area contributed by atoms with Crippen molar-refractivity contribution >= 4 is 28.8 Å². The molecule has 2 N–H and O–H groups in total. The fraction of sp³-hybridized carbons (Fsp3) is 0.643. The molecule has 1 fully saturated rings. The lowest BCUT2D eigenvalue weighted by Crippen LogP contribution is -2.49. The molecule has 3 nitrogen and oxygen atoms in total. The van der Waals surface area contributed by atoms with Gasteiger partial charge in [-0.25, -0.2) is 0 Å². The van der Waals surface area contributed by atoms with E-state index in [1.54, 1.807) is 11.3 Å². The lowest BCUT2D eigenvalue weighted by molar-refractivity contribution is -0.133. The van der Waals surface area contributed by atoms with E-state index in [0.717, 1.165) is 30.1 Å². The SMILES string of the molecule is CCCC(=O)N1CC(N)CC(Cc2csc(Cl)c2)C1. The zero-order valence-corrected chi connectivity index (χ0v) is 12.8. The molecule has 106 valence electrons. The van der Waals surface area contributed by atoms with Crippen LogP contribution in [0.25, 0.3) is 0 Å². The van der Waals surface area contributed by atoms with Gasteiger partial charge in [-0.1, -0.05) is 18.5 Å². The van der Waals surface area contributed by atoms with E-state index in [-0.39, 0.29) is 11.9 Å². The van der Waals surface area contributed by atoms with E-state index >= 15 is 0 Å². The van der Waals surface area contributed by atoms with E-state index < -0.39 is 0 Å². The third-order valence-electron chi connectivity index (χ3n) is 3.53. The van der Waals surface area contributed by atoms with Crippen molar-refractivity contribution in [3.05, 3.63) is 21.3 Å². The molecule has 2 rings (SSSR count). The average Bonchev–Trinajstić information content (AvgIpc) is 2.74. The number of carbonyl (C=O) groups excluding carboxylic acids is 1. The molecule has 0 saturated carbocycles. The van der Waals surface area contributed by atoms with Crippen molar-refractivity contribution in [3.63, 3.8) is 0 Å². The van der Waals surface area contributed by atoms with Crippen LogP contribution < -0.4 is 5.73 Å². The maximum atomic E-state index is 12.0. The highest BCUT2D eigenvalue weighted by Gasteiger charge is 2.27. The first kappa shape index (κ1) is 14.8. The number of nitrogens with zero attached hydrogens (tertiary/aromatic N) is 1. The van der Waals surface area contributed by atoms with Gasteiger partial charge in [0.1, 0.15) is 0 Å². The van der Waals surface area contributed by atoms with Gasteiger partial charge < -0.3 is 10.6 Å². The summed E-state index contributed by atoms with van der Waals surface area (Å²) >= 11 is 7.52. The van der Waals surface area contributed by atoms with Crippen LogP contribution in [0.1, 0.15) is 31.7 Å². The molecule has 0 aromatic carbocycles. The summed E-state index contributed by atoms with van der Waals surface area (Å²) < 4.78 is 0.828. The summed E-state index contributed by atoms with van der Waals surface area (Å²) in [4.78, 5) is 13.9. The maximum Gasteiger partial charge on any atom is 0.222 e. The van der Waals surface area contributed by atoms with Gasteiger partial charge in [0.2, 0.25) is 5.91 Å². The molecule has 1 amide bonds. The number of hydrogen-bond donors (Lipinski definition) is 1. The van der Waals surface area contributed by atoms with Crippen molar-refractivity contribution in [2.75, 3.05) is 13.1 Å². The number of halogens is 1. The highest BCUT2D eigenvalue weighted by Crippen LogP contribution is 2.26. The largest absolute Gasteiger partial charge is 0.341 e. The number of nitrogens with two attached hydrogens (primary N) is 1. The Hall–Kier alpha value is -0.580. The van der Waals surface area contributed by atoms with Crippen molar-refractivity contribution in [2.45, 2.75) is 38.6 Å². The Kier molecular flexibility index (Phi) is 5.25. The van der Waals surface area contributed by atoms with Gasteiger partial charge in [-0.05, 0) is 42.2 Å². The number of amides is 1. The Morgan fingerprint density at radius 2 is 2.37 bits per heavy atom. The molecule has 2 atom stereocenters. The molecule has 0 bridgehead atoms. The smallest absolute Gasteiger partial charge is 0.222 e. The van der Waals surface area contributed by atoms with Crippen molar-refractivity contribution in [1.82, 2.24) is 4.90 Å². The van der Waals surface area contributed by atoms with Gasteiger partial charge >= 0.3 is 0 Å². The summed E-state index contributed by atoms with van der Waals surface area (Å²) in [5, 5.41) is 2.10. The Balaban J connectivity index is 1.95. The van der Waals surface area contributed by atoms with Crippen LogP contribution in [0.4, 0.5) is 0 Å². The molecule has 1 aromatic heterocycles. The highest BCUT2D eigenvalue weighted by molar-refractivity contribution is 7.14. The molecule has 1 saturated heterocycles. The van der Waals surface area contributed by atoms with Crippen LogP contribution in [0.3, 0.4) is 0 Å². The molecule has 2 unspecified atom stereocenters. The van der Waals surface area contributed by atoms with E-state index in [0.29, 0.717) is 18.9 Å². The van der Waals surface area contributed by atoms with Gasteiger partial charge in [-0.3, -0.25) is 4.79 Å². The van der Waals surface area contributed by atoms with Gasteiger partial charge in [0.25, 0.3) is 0 Å². The minimum absolute atomic E-state index is 0.105. The van der Waals surface area contributed by atoms with Crippen molar-refractivity contribution < 1.29 is 4.79 Å². The maximum absolute atomic E-state index is 12.0. The zero-order valence-electron chi connectivity index (χ0n) is 11.3. The number of rotatable bonds is 4. The van der Waals surface area contributed by atoms with Crippen molar-refractivity contribution in [3.8, 4) is 0 Å². The van der Waals surface area contributed by atoms with E-state index in [4.69, 9.17) is 17.3 Å². The van der Waals surface area contributed by atoms with Crippen molar-refractivity contribution in [1.29, 1.82) is 0 Å². The molecule has 0 radical (unpaired) electrons. The topological polar surface area (TPSA) is 46.3 Å². The van der Waals surface area contributed by atoms with E-state index in [9.17, 15) is 4.79 Å². The normalized spacial score (nSPS) is 23.6. The monoisotopic (exact) mass is 300 g/mol. The number of likely N-dealkylation sites (tertiary alicyclic amines) is 1. The number of thiophene rings is 1. The van der Waals surface area contributed by atoms with Gasteiger partial charge in [-0.15, -0.1) is 11.3 Å². The fourth-order valence-electron chi connectivity index (χ4n) is 2.76. The zero-order chi connectivity index (χ0) is 13.8. The van der Waals surface area contributed by atoms with Crippen LogP contribution in [-0.4, -0.2) is 29.9 Å². The third-order valence-corrected chi connectivity index (χ3v) is 4.67. The summed E-state index contributed by atoms with van der Waals surface area (Å²) in [6.07, 6.45) is 3.48. The molecular formula is C14H21ClN2OS. The highest BCUT2D eigenvalue weighted by atomic mass is 35.5. The lowest BCUT2D eigenvalue weighted by atomic mass is 9.89. The first-order chi connectivity index (χ1) is 9.08. The second-order valence-corrected chi connectivity index (χ2v) is 6.92. The van der Waals surface area contributed by atoms with E-state index in [1.807, 2.05) is 17.9 Å². The Morgan fingerprint density at radius 3 is 3.00 bits per heavy atom. The molecule has 5 heteroatoms. The van der Waals surface area contributed by atoms with E-state index in [1.165, 1.54) is 5.56 Å². The molecular weight excluding hydrogens is 280 g/mol. The first-order valence-corrected chi connectivity index (χ1v) is 8.10. The minimum atomic E-state index is 0.105. The van der Waals surface area contributed by atoms with Crippen LogP contribution in [0, 0.1) is 5.92 Å². The number of carbonyl (C=O) groups is 1. The quantitative estimate of drug-likeness (QED) is 0.929. The average molecular weight is 301 g/mol. The van der Waals surface area contributed by atoms with Crippen LogP contribution in [0.5, 0.6) is 0 Å². The second-order valence-electron chi connectivity index (χ2n) is 5.37. The number of piperidine rings is 1. The Morgan fingerprint density at radius 1 is 1.58 bits per heavy atom. The predicted molar refractivity (Wildman–Crippen MR) is 80.6 cm³/mol. The molecule has 1 aromatic rings. The standard InChI is InChI=1S/C14H21ClN2OS/c1-2-3-14(18)17-7-10(5-12(16)8-17)4-11-6-13(15)19-9-11/h6,9-10,12H,2-5,7-8,16H2,1H3. The van der Waals surface area contributed by atoms with Crippen LogP contribution in [-0.2, 0) is 11.2 Å². The summed E-state index contributed by atoms with van der Waals surface area (Å²) in [5.74, 6) is 0.696. The summed E-state index contributed by atoms with van der Waals surface area (Å²) in [6.45, 7) is 3.58. The third kappa shape index (κ3) is 4.20. The fourth-order valence-corrected chi connectivity index (χ4v) is 3.68. The second kappa shape index (κ2) is 6.73. The first-order valence-electron chi connectivity index (χ1n) is 6.84. The molecule has 19 heavy (non-hydrogen) atoms. The molecule has 1 aliphatic rings. The van der Waals surface area contributed by atoms with Gasteiger partial charge in [-0.2, -0.15) is 0 Å². The van der Waals surface area contributed by atoms with Gasteiger partial charge in [0.15, 0.2) is 0 Å². The number of hydrogen-bond acceptors (Lipinski definition) is 3. The molecule has 2 heterocycles. The Bertz CT molecular complexity index is 435. The Labute approximate surface area is 123 Å². The van der Waals surface area contributed by atoms with Crippen LogP contribution in [0.15, 0.2) is 11.4 Å². The van der Waals surface area contributed by atoms with Crippen LogP contribution in [0.2, 0.25) is 4.34 Å².